The fourth-order valence-corrected chi connectivity index (χ4v) is 6.04. The summed E-state index contributed by atoms with van der Waals surface area (Å²) < 4.78 is 0. The van der Waals surface area contributed by atoms with Gasteiger partial charge in [0, 0.05) is 32.0 Å². The van der Waals surface area contributed by atoms with Crippen molar-refractivity contribution in [3.63, 3.8) is 0 Å². The number of Topliss-reactive ketones (excluding diaryl/α,β-unsaturated/α-hetero) is 1. The first kappa shape index (κ1) is 21.5. The fourth-order valence-electron chi connectivity index (χ4n) is 6.04. The minimum absolute atomic E-state index is 0.122. The first-order chi connectivity index (χ1) is 14.5. The normalized spacial score (nSPS) is 28.2. The van der Waals surface area contributed by atoms with Crippen LogP contribution in [-0.2, 0) is 16.0 Å². The van der Waals surface area contributed by atoms with Gasteiger partial charge in [0.1, 0.15) is 5.78 Å². The van der Waals surface area contributed by atoms with Crippen molar-refractivity contribution in [1.29, 1.82) is 0 Å². The molecule has 0 bridgehead atoms. The molecule has 4 heteroatoms. The lowest BCUT2D eigenvalue weighted by atomic mass is 9.83. The van der Waals surface area contributed by atoms with Crippen LogP contribution in [0.1, 0.15) is 75.3 Å². The molecule has 3 aliphatic rings. The van der Waals surface area contributed by atoms with Gasteiger partial charge in [-0.3, -0.25) is 9.59 Å². The van der Waals surface area contributed by atoms with E-state index in [9.17, 15) is 9.59 Å². The van der Waals surface area contributed by atoms with Crippen molar-refractivity contribution in [2.24, 2.45) is 11.8 Å². The molecule has 4 nitrogen and oxygen atoms in total. The van der Waals surface area contributed by atoms with E-state index in [-0.39, 0.29) is 17.7 Å². The van der Waals surface area contributed by atoms with Crippen LogP contribution in [0.15, 0.2) is 24.3 Å². The Morgan fingerprint density at radius 1 is 1.07 bits per heavy atom. The van der Waals surface area contributed by atoms with Gasteiger partial charge in [0.2, 0.25) is 5.91 Å². The standard InChI is InChI=1S/C26H38N2O2/c1-19(21-13-11-20(12-14-21)17-22-7-5-10-25(22)29)26(30)27(2)18-23-8-6-16-28-15-4-3-9-24(23)28/h11-14,19,22-24H,3-10,15-18H2,1-2H3/t19-,22+,23+,24-/m1/s1. The number of benzene rings is 1. The maximum Gasteiger partial charge on any atom is 0.229 e. The molecule has 1 saturated carbocycles. The van der Waals surface area contributed by atoms with Gasteiger partial charge in [-0.15, -0.1) is 0 Å². The summed E-state index contributed by atoms with van der Waals surface area (Å²) >= 11 is 0. The predicted octanol–water partition coefficient (Wildman–Crippen LogP) is 4.42. The van der Waals surface area contributed by atoms with E-state index >= 15 is 0 Å². The molecule has 4 rings (SSSR count). The molecule has 0 unspecified atom stereocenters. The number of ketones is 1. The van der Waals surface area contributed by atoms with Gasteiger partial charge in [-0.1, -0.05) is 30.7 Å². The number of carbonyl (C=O) groups excluding carboxylic acids is 2. The van der Waals surface area contributed by atoms with E-state index in [4.69, 9.17) is 0 Å². The van der Waals surface area contributed by atoms with Crippen molar-refractivity contribution in [2.45, 2.75) is 76.7 Å². The zero-order valence-electron chi connectivity index (χ0n) is 18.8. The van der Waals surface area contributed by atoms with Crippen LogP contribution < -0.4 is 0 Å². The van der Waals surface area contributed by atoms with Crippen LogP contribution in [0.4, 0.5) is 0 Å². The summed E-state index contributed by atoms with van der Waals surface area (Å²) in [7, 11) is 1.99. The Morgan fingerprint density at radius 3 is 2.57 bits per heavy atom. The lowest BCUT2D eigenvalue weighted by molar-refractivity contribution is -0.132. The molecule has 4 atom stereocenters. The number of nitrogens with zero attached hydrogens (tertiary/aromatic N) is 2. The van der Waals surface area contributed by atoms with E-state index in [1.54, 1.807) is 0 Å². The van der Waals surface area contributed by atoms with Gasteiger partial charge in [-0.05, 0) is 82.0 Å². The molecule has 164 valence electrons. The number of rotatable bonds is 6. The highest BCUT2D eigenvalue weighted by molar-refractivity contribution is 5.83. The molecule has 2 heterocycles. The van der Waals surface area contributed by atoms with Gasteiger partial charge < -0.3 is 9.80 Å². The summed E-state index contributed by atoms with van der Waals surface area (Å²) in [6.45, 7) is 5.40. The van der Waals surface area contributed by atoms with Crippen LogP contribution in [0.2, 0.25) is 0 Å². The number of hydrogen-bond acceptors (Lipinski definition) is 3. The average molecular weight is 411 g/mol. The molecule has 2 saturated heterocycles. The van der Waals surface area contributed by atoms with Crippen LogP contribution >= 0.6 is 0 Å². The summed E-state index contributed by atoms with van der Waals surface area (Å²) in [5.74, 6) is 1.34. The second kappa shape index (κ2) is 9.64. The summed E-state index contributed by atoms with van der Waals surface area (Å²) in [5, 5.41) is 0. The minimum atomic E-state index is -0.122. The molecule has 1 aromatic carbocycles. The molecule has 30 heavy (non-hydrogen) atoms. The highest BCUT2D eigenvalue weighted by Crippen LogP contribution is 2.32. The topological polar surface area (TPSA) is 40.6 Å². The molecule has 3 fully saturated rings. The van der Waals surface area contributed by atoms with E-state index in [0.717, 1.165) is 37.8 Å². The minimum Gasteiger partial charge on any atom is -0.345 e. The Labute approximate surface area is 182 Å². The van der Waals surface area contributed by atoms with Crippen molar-refractivity contribution >= 4 is 11.7 Å². The van der Waals surface area contributed by atoms with E-state index < -0.39 is 0 Å². The third kappa shape index (κ3) is 4.80. The van der Waals surface area contributed by atoms with Gasteiger partial charge in [-0.25, -0.2) is 0 Å². The Kier molecular flexibility index (Phi) is 6.92. The molecule has 0 N–H and O–H groups in total. The van der Waals surface area contributed by atoms with Crippen molar-refractivity contribution in [1.82, 2.24) is 9.80 Å². The quantitative estimate of drug-likeness (QED) is 0.697. The number of piperidine rings is 2. The van der Waals surface area contributed by atoms with E-state index in [2.05, 4.69) is 29.2 Å². The number of carbonyl (C=O) groups is 2. The molecule has 2 aliphatic heterocycles. The van der Waals surface area contributed by atoms with Crippen LogP contribution in [-0.4, -0.2) is 54.2 Å². The van der Waals surface area contributed by atoms with Gasteiger partial charge in [-0.2, -0.15) is 0 Å². The van der Waals surface area contributed by atoms with E-state index in [1.807, 2.05) is 18.9 Å². The van der Waals surface area contributed by atoms with Crippen LogP contribution in [0.5, 0.6) is 0 Å². The molecular weight excluding hydrogens is 372 g/mol. The Hall–Kier alpha value is -1.68. The zero-order chi connectivity index (χ0) is 21.1. The van der Waals surface area contributed by atoms with Crippen molar-refractivity contribution in [3.05, 3.63) is 35.4 Å². The lowest BCUT2D eigenvalue weighted by Gasteiger charge is -2.45. The zero-order valence-corrected chi connectivity index (χ0v) is 18.8. The molecular formula is C26H38N2O2. The molecule has 0 radical (unpaired) electrons. The second-order valence-corrected chi connectivity index (χ2v) is 9.94. The Bertz CT molecular complexity index is 742. The summed E-state index contributed by atoms with van der Waals surface area (Å²) in [6.07, 6.45) is 10.2. The van der Waals surface area contributed by atoms with E-state index in [0.29, 0.717) is 17.7 Å². The number of likely N-dealkylation sites (N-methyl/N-ethyl adjacent to an activating group) is 1. The number of amides is 1. The molecule has 0 spiro atoms. The van der Waals surface area contributed by atoms with Gasteiger partial charge >= 0.3 is 0 Å². The first-order valence-corrected chi connectivity index (χ1v) is 12.1. The van der Waals surface area contributed by atoms with Crippen molar-refractivity contribution in [3.8, 4) is 0 Å². The highest BCUT2D eigenvalue weighted by Gasteiger charge is 2.34. The SMILES string of the molecule is C[C@@H](C(=O)N(C)C[C@@H]1CCCN2CCCC[C@H]12)c1ccc(C[C@@H]2CCCC2=O)cc1. The van der Waals surface area contributed by atoms with Crippen LogP contribution in [0.3, 0.4) is 0 Å². The van der Waals surface area contributed by atoms with Gasteiger partial charge in [0.05, 0.1) is 5.92 Å². The Morgan fingerprint density at radius 2 is 1.83 bits per heavy atom. The monoisotopic (exact) mass is 410 g/mol. The fraction of sp³-hybridized carbons (Fsp3) is 0.692. The third-order valence-electron chi connectivity index (χ3n) is 7.88. The molecule has 1 aromatic rings. The molecule has 1 aliphatic carbocycles. The maximum atomic E-state index is 13.2. The first-order valence-electron chi connectivity index (χ1n) is 12.1. The number of hydrogen-bond donors (Lipinski definition) is 0. The predicted molar refractivity (Wildman–Crippen MR) is 120 cm³/mol. The Balaban J connectivity index is 1.33. The van der Waals surface area contributed by atoms with Crippen molar-refractivity contribution < 1.29 is 9.59 Å². The maximum absolute atomic E-state index is 13.2. The lowest BCUT2D eigenvalue weighted by Crippen LogP contribution is -2.51. The summed E-state index contributed by atoms with van der Waals surface area (Å²) in [5.41, 5.74) is 2.29. The summed E-state index contributed by atoms with van der Waals surface area (Å²) in [6, 6.07) is 9.09. The third-order valence-corrected chi connectivity index (χ3v) is 7.88. The van der Waals surface area contributed by atoms with Crippen LogP contribution in [0.25, 0.3) is 0 Å². The molecule has 0 aromatic heterocycles. The van der Waals surface area contributed by atoms with Gasteiger partial charge in [0.15, 0.2) is 0 Å². The summed E-state index contributed by atoms with van der Waals surface area (Å²) in [4.78, 5) is 29.7. The average Bonchev–Trinajstić information content (AvgIpc) is 3.17. The largest absolute Gasteiger partial charge is 0.345 e. The van der Waals surface area contributed by atoms with Gasteiger partial charge in [0.25, 0.3) is 0 Å². The second-order valence-electron chi connectivity index (χ2n) is 9.94. The van der Waals surface area contributed by atoms with Crippen LogP contribution in [0, 0.1) is 11.8 Å². The number of fused-ring (bicyclic) bond motifs is 1. The van der Waals surface area contributed by atoms with Crippen molar-refractivity contribution in [2.75, 3.05) is 26.7 Å². The highest BCUT2D eigenvalue weighted by atomic mass is 16.2. The smallest absolute Gasteiger partial charge is 0.229 e. The van der Waals surface area contributed by atoms with E-state index in [1.165, 1.54) is 50.8 Å². The molecule has 1 amide bonds.